The van der Waals surface area contributed by atoms with Crippen molar-refractivity contribution in [1.29, 1.82) is 0 Å². The maximum absolute atomic E-state index is 12.9. The van der Waals surface area contributed by atoms with Crippen LogP contribution in [0, 0.1) is 0 Å². The highest BCUT2D eigenvalue weighted by Gasteiger charge is 2.30. The highest BCUT2D eigenvalue weighted by atomic mass is 35.5. The lowest BCUT2D eigenvalue weighted by Crippen LogP contribution is -2.48. The monoisotopic (exact) mass is 386 g/mol. The maximum Gasteiger partial charge on any atom is 0.254 e. The van der Waals surface area contributed by atoms with Gasteiger partial charge in [-0.1, -0.05) is 11.6 Å². The number of hydrogen-bond donors (Lipinski definition) is 0. The minimum atomic E-state index is -3.38. The normalized spacial score (nSPS) is 26.5. The number of sulfonamides is 1. The Morgan fingerprint density at radius 1 is 1.20 bits per heavy atom. The van der Waals surface area contributed by atoms with Gasteiger partial charge in [0.2, 0.25) is 10.0 Å². The van der Waals surface area contributed by atoms with E-state index in [1.54, 1.807) is 23.1 Å². The van der Waals surface area contributed by atoms with E-state index in [4.69, 9.17) is 16.3 Å². The number of hydrogen-bond acceptors (Lipinski definition) is 4. The molecule has 2 heterocycles. The van der Waals surface area contributed by atoms with E-state index in [9.17, 15) is 13.2 Å². The molecule has 1 aromatic carbocycles. The molecule has 2 fully saturated rings. The van der Waals surface area contributed by atoms with Gasteiger partial charge < -0.3 is 9.64 Å². The fourth-order valence-corrected chi connectivity index (χ4v) is 5.34. The van der Waals surface area contributed by atoms with E-state index in [0.717, 1.165) is 6.42 Å². The van der Waals surface area contributed by atoms with Gasteiger partial charge in [-0.15, -0.1) is 0 Å². The summed E-state index contributed by atoms with van der Waals surface area (Å²) >= 11 is 6.24. The Labute approximate surface area is 153 Å². The lowest BCUT2D eigenvalue weighted by Gasteiger charge is -2.35. The van der Waals surface area contributed by atoms with Crippen molar-refractivity contribution in [2.45, 2.75) is 38.9 Å². The Kier molecular flexibility index (Phi) is 5.27. The van der Waals surface area contributed by atoms with Crippen LogP contribution < -0.4 is 4.31 Å². The first-order valence-electron chi connectivity index (χ1n) is 8.52. The number of anilines is 1. The number of carbonyl (C=O) groups is 1. The molecule has 25 heavy (non-hydrogen) atoms. The summed E-state index contributed by atoms with van der Waals surface area (Å²) < 4.78 is 31.7. The Morgan fingerprint density at radius 2 is 1.88 bits per heavy atom. The van der Waals surface area contributed by atoms with Gasteiger partial charge >= 0.3 is 0 Å². The molecule has 1 aromatic rings. The number of ether oxygens (including phenoxy) is 1. The van der Waals surface area contributed by atoms with E-state index < -0.39 is 10.0 Å². The fourth-order valence-electron chi connectivity index (χ4n) is 3.42. The molecule has 3 rings (SSSR count). The topological polar surface area (TPSA) is 66.9 Å². The van der Waals surface area contributed by atoms with Gasteiger partial charge in [0.15, 0.2) is 0 Å². The third kappa shape index (κ3) is 3.93. The number of rotatable bonds is 2. The Bertz CT molecular complexity index is 758. The van der Waals surface area contributed by atoms with Gasteiger partial charge in [-0.05, 0) is 44.9 Å². The maximum atomic E-state index is 12.9. The second-order valence-corrected chi connectivity index (χ2v) is 9.15. The van der Waals surface area contributed by atoms with Gasteiger partial charge in [-0.2, -0.15) is 0 Å². The summed E-state index contributed by atoms with van der Waals surface area (Å²) in [6.07, 6.45) is 1.38. The van der Waals surface area contributed by atoms with Gasteiger partial charge in [0.05, 0.1) is 28.7 Å². The number of amides is 1. The SMILES string of the molecule is C[C@@H]1CN(C(=O)c2ccc(Cl)c(N3CCCCS3(=O)=O)c2)C[C@H](C)O1. The van der Waals surface area contributed by atoms with Crippen molar-refractivity contribution in [1.82, 2.24) is 4.90 Å². The van der Waals surface area contributed by atoms with Crippen LogP contribution in [0.15, 0.2) is 18.2 Å². The largest absolute Gasteiger partial charge is 0.372 e. The van der Waals surface area contributed by atoms with E-state index in [-0.39, 0.29) is 23.9 Å². The zero-order valence-electron chi connectivity index (χ0n) is 14.4. The molecule has 0 saturated carbocycles. The summed E-state index contributed by atoms with van der Waals surface area (Å²) in [5.74, 6) is -0.0191. The summed E-state index contributed by atoms with van der Waals surface area (Å²) in [4.78, 5) is 14.6. The molecule has 0 aliphatic carbocycles. The first-order valence-corrected chi connectivity index (χ1v) is 10.5. The average Bonchev–Trinajstić information content (AvgIpc) is 2.54. The second-order valence-electron chi connectivity index (χ2n) is 6.73. The van der Waals surface area contributed by atoms with Crippen molar-refractivity contribution < 1.29 is 17.9 Å². The molecule has 138 valence electrons. The second kappa shape index (κ2) is 7.13. The Hall–Kier alpha value is -1.31. The summed E-state index contributed by atoms with van der Waals surface area (Å²) in [6.45, 7) is 5.30. The van der Waals surface area contributed by atoms with E-state index in [2.05, 4.69) is 0 Å². The highest BCUT2D eigenvalue weighted by Crippen LogP contribution is 2.32. The molecule has 0 spiro atoms. The van der Waals surface area contributed by atoms with Crippen molar-refractivity contribution in [3.63, 3.8) is 0 Å². The van der Waals surface area contributed by atoms with Gasteiger partial charge in [-0.3, -0.25) is 9.10 Å². The molecule has 2 aliphatic heterocycles. The molecule has 0 unspecified atom stereocenters. The third-order valence-corrected chi connectivity index (χ3v) is 6.69. The van der Waals surface area contributed by atoms with Crippen molar-refractivity contribution in [3.8, 4) is 0 Å². The smallest absolute Gasteiger partial charge is 0.254 e. The lowest BCUT2D eigenvalue weighted by molar-refractivity contribution is -0.0586. The van der Waals surface area contributed by atoms with E-state index in [1.165, 1.54) is 4.31 Å². The predicted octanol–water partition coefficient (Wildman–Crippen LogP) is 2.52. The van der Waals surface area contributed by atoms with Gasteiger partial charge in [0, 0.05) is 25.2 Å². The van der Waals surface area contributed by atoms with Crippen molar-refractivity contribution in [2.24, 2.45) is 0 Å². The molecule has 0 radical (unpaired) electrons. The van der Waals surface area contributed by atoms with Crippen LogP contribution in [-0.2, 0) is 14.8 Å². The van der Waals surface area contributed by atoms with Crippen molar-refractivity contribution in [3.05, 3.63) is 28.8 Å². The van der Waals surface area contributed by atoms with Crippen LogP contribution in [-0.4, -0.2) is 56.8 Å². The Balaban J connectivity index is 1.90. The molecular formula is C17H23ClN2O4S. The average molecular weight is 387 g/mol. The van der Waals surface area contributed by atoms with E-state index in [0.29, 0.717) is 42.3 Å². The van der Waals surface area contributed by atoms with E-state index >= 15 is 0 Å². The van der Waals surface area contributed by atoms with Crippen molar-refractivity contribution in [2.75, 3.05) is 29.7 Å². The quantitative estimate of drug-likeness (QED) is 0.783. The first kappa shape index (κ1) is 18.5. The lowest BCUT2D eigenvalue weighted by atomic mass is 10.1. The molecule has 0 bridgehead atoms. The van der Waals surface area contributed by atoms with Crippen LogP contribution in [0.2, 0.25) is 5.02 Å². The van der Waals surface area contributed by atoms with Crippen LogP contribution in [0.1, 0.15) is 37.0 Å². The summed E-state index contributed by atoms with van der Waals surface area (Å²) in [7, 11) is -3.38. The molecule has 6 nitrogen and oxygen atoms in total. The van der Waals surface area contributed by atoms with Crippen LogP contribution in [0.3, 0.4) is 0 Å². The number of benzene rings is 1. The number of morpholine rings is 1. The molecule has 0 aromatic heterocycles. The third-order valence-electron chi connectivity index (χ3n) is 4.52. The summed E-state index contributed by atoms with van der Waals surface area (Å²) in [5.41, 5.74) is 0.836. The molecule has 1 amide bonds. The van der Waals surface area contributed by atoms with Crippen LogP contribution in [0.5, 0.6) is 0 Å². The number of halogens is 1. The number of carbonyl (C=O) groups excluding carboxylic acids is 1. The molecule has 2 aliphatic rings. The molecule has 2 atom stereocenters. The van der Waals surface area contributed by atoms with Crippen molar-refractivity contribution >= 4 is 33.2 Å². The van der Waals surface area contributed by atoms with Crippen LogP contribution >= 0.6 is 11.6 Å². The summed E-state index contributed by atoms with van der Waals surface area (Å²) in [5, 5.41) is 0.339. The first-order chi connectivity index (χ1) is 11.8. The van der Waals surface area contributed by atoms with Gasteiger partial charge in [0.25, 0.3) is 5.91 Å². The van der Waals surface area contributed by atoms with Gasteiger partial charge in [-0.25, -0.2) is 8.42 Å². The van der Waals surface area contributed by atoms with E-state index in [1.807, 2.05) is 13.8 Å². The zero-order valence-corrected chi connectivity index (χ0v) is 16.0. The van der Waals surface area contributed by atoms with Crippen LogP contribution in [0.4, 0.5) is 5.69 Å². The number of nitrogens with zero attached hydrogens (tertiary/aromatic N) is 2. The van der Waals surface area contributed by atoms with Crippen LogP contribution in [0.25, 0.3) is 0 Å². The highest BCUT2D eigenvalue weighted by molar-refractivity contribution is 7.92. The molecule has 8 heteroatoms. The fraction of sp³-hybridized carbons (Fsp3) is 0.588. The van der Waals surface area contributed by atoms with Gasteiger partial charge in [0.1, 0.15) is 0 Å². The Morgan fingerprint density at radius 3 is 2.52 bits per heavy atom. The minimum Gasteiger partial charge on any atom is -0.372 e. The predicted molar refractivity (Wildman–Crippen MR) is 97.7 cm³/mol. The summed E-state index contributed by atoms with van der Waals surface area (Å²) in [6, 6.07) is 4.84. The molecule has 0 N–H and O–H groups in total. The molecule has 2 saturated heterocycles. The molecular weight excluding hydrogens is 364 g/mol. The standard InChI is InChI=1S/C17H23ClN2O4S/c1-12-10-19(11-13(2)24-12)17(21)14-5-6-15(18)16(9-14)20-7-3-4-8-25(20,22)23/h5-6,9,12-13H,3-4,7-8,10-11H2,1-2H3/t12-,13+. The zero-order chi connectivity index (χ0) is 18.2. The minimum absolute atomic E-state index is 0.0260.